The van der Waals surface area contributed by atoms with E-state index in [1.807, 2.05) is 0 Å². The van der Waals surface area contributed by atoms with E-state index in [9.17, 15) is 4.79 Å². The van der Waals surface area contributed by atoms with Crippen molar-refractivity contribution in [3.8, 4) is 0 Å². The summed E-state index contributed by atoms with van der Waals surface area (Å²) >= 11 is 6.34. The Kier molecular flexibility index (Phi) is 3.20. The summed E-state index contributed by atoms with van der Waals surface area (Å²) in [6.45, 7) is 0.130. The van der Waals surface area contributed by atoms with Gasteiger partial charge in [0, 0.05) is 13.2 Å². The lowest BCUT2D eigenvalue weighted by Gasteiger charge is -1.98. The van der Waals surface area contributed by atoms with Crippen molar-refractivity contribution in [2.45, 2.75) is 6.54 Å². The van der Waals surface area contributed by atoms with Crippen molar-refractivity contribution in [3.05, 3.63) is 27.4 Å². The standard InChI is InChI=1S/C8H7Br2N5O/c1-14-3-5(2-11-14)6(16)4-15-8(10)12-7(9)13-15/h2-3H,4H2,1H3. The number of ketones is 1. The Hall–Kier alpha value is -1.02. The van der Waals surface area contributed by atoms with Gasteiger partial charge < -0.3 is 0 Å². The summed E-state index contributed by atoms with van der Waals surface area (Å²) in [6.07, 6.45) is 3.20. The molecule has 0 aliphatic heterocycles. The molecule has 6 nitrogen and oxygen atoms in total. The Labute approximate surface area is 108 Å². The average molecular weight is 349 g/mol. The first-order valence-corrected chi connectivity index (χ1v) is 5.92. The van der Waals surface area contributed by atoms with Gasteiger partial charge in [-0.25, -0.2) is 4.68 Å². The fourth-order valence-electron chi connectivity index (χ4n) is 1.19. The van der Waals surface area contributed by atoms with Crippen LogP contribution in [0.25, 0.3) is 0 Å². The Morgan fingerprint density at radius 2 is 2.25 bits per heavy atom. The number of nitrogens with zero attached hydrogens (tertiary/aromatic N) is 5. The number of Topliss-reactive ketones (excluding diaryl/α,β-unsaturated/α-hetero) is 1. The molecule has 84 valence electrons. The van der Waals surface area contributed by atoms with Gasteiger partial charge in [-0.2, -0.15) is 10.1 Å². The third-order valence-electron chi connectivity index (χ3n) is 1.92. The fourth-order valence-corrected chi connectivity index (χ4v) is 2.16. The maximum atomic E-state index is 11.8. The van der Waals surface area contributed by atoms with Gasteiger partial charge in [0.15, 0.2) is 10.5 Å². The van der Waals surface area contributed by atoms with Gasteiger partial charge >= 0.3 is 0 Å². The van der Waals surface area contributed by atoms with E-state index >= 15 is 0 Å². The van der Waals surface area contributed by atoms with Crippen LogP contribution in [-0.2, 0) is 13.6 Å². The van der Waals surface area contributed by atoms with Crippen LogP contribution in [0, 0.1) is 0 Å². The molecule has 0 saturated heterocycles. The van der Waals surface area contributed by atoms with Crippen molar-refractivity contribution >= 4 is 37.6 Å². The van der Waals surface area contributed by atoms with Crippen LogP contribution in [0.3, 0.4) is 0 Å². The molecule has 0 fully saturated rings. The van der Waals surface area contributed by atoms with Crippen LogP contribution in [0.4, 0.5) is 0 Å². The molecule has 2 aromatic rings. The molecule has 0 saturated carbocycles. The van der Waals surface area contributed by atoms with Crippen LogP contribution in [-0.4, -0.2) is 30.3 Å². The predicted molar refractivity (Wildman–Crippen MR) is 63.0 cm³/mol. The molecule has 0 aliphatic rings. The van der Waals surface area contributed by atoms with Gasteiger partial charge in [0.2, 0.25) is 4.73 Å². The first-order valence-electron chi connectivity index (χ1n) is 4.34. The molecule has 0 spiro atoms. The van der Waals surface area contributed by atoms with Gasteiger partial charge in [-0.3, -0.25) is 9.48 Å². The average Bonchev–Trinajstić information content (AvgIpc) is 2.74. The van der Waals surface area contributed by atoms with Crippen molar-refractivity contribution in [2.75, 3.05) is 0 Å². The molecule has 0 aliphatic carbocycles. The van der Waals surface area contributed by atoms with E-state index < -0.39 is 0 Å². The topological polar surface area (TPSA) is 65.6 Å². The number of aryl methyl sites for hydroxylation is 1. The van der Waals surface area contributed by atoms with Gasteiger partial charge in [0.1, 0.15) is 6.54 Å². The van der Waals surface area contributed by atoms with E-state index in [4.69, 9.17) is 0 Å². The molecule has 0 atom stereocenters. The quantitative estimate of drug-likeness (QED) is 0.787. The normalized spacial score (nSPS) is 10.7. The van der Waals surface area contributed by atoms with Crippen LogP contribution in [0.2, 0.25) is 0 Å². The van der Waals surface area contributed by atoms with Gasteiger partial charge in [-0.15, -0.1) is 5.10 Å². The second-order valence-electron chi connectivity index (χ2n) is 3.13. The zero-order valence-electron chi connectivity index (χ0n) is 8.26. The lowest BCUT2D eigenvalue weighted by atomic mass is 10.2. The second kappa shape index (κ2) is 4.46. The smallest absolute Gasteiger partial charge is 0.218 e. The largest absolute Gasteiger partial charge is 0.292 e. The van der Waals surface area contributed by atoms with E-state index in [0.717, 1.165) is 0 Å². The third-order valence-corrected chi connectivity index (χ3v) is 2.84. The number of carbonyl (C=O) groups excluding carboxylic acids is 1. The maximum Gasteiger partial charge on any atom is 0.218 e. The Balaban J connectivity index is 2.16. The lowest BCUT2D eigenvalue weighted by molar-refractivity contribution is 0.0966. The molecule has 0 bridgehead atoms. The highest BCUT2D eigenvalue weighted by molar-refractivity contribution is 9.11. The van der Waals surface area contributed by atoms with E-state index in [1.165, 1.54) is 10.9 Å². The van der Waals surface area contributed by atoms with E-state index in [-0.39, 0.29) is 12.3 Å². The van der Waals surface area contributed by atoms with Crippen LogP contribution in [0.1, 0.15) is 10.4 Å². The van der Waals surface area contributed by atoms with Crippen LogP contribution < -0.4 is 0 Å². The Morgan fingerprint density at radius 3 is 2.75 bits per heavy atom. The summed E-state index contributed by atoms with van der Waals surface area (Å²) in [5, 5.41) is 7.95. The molecule has 0 N–H and O–H groups in total. The van der Waals surface area contributed by atoms with Crippen LogP contribution >= 0.6 is 31.9 Å². The molecule has 0 aromatic carbocycles. The number of aromatic nitrogens is 5. The van der Waals surface area contributed by atoms with Crippen LogP contribution in [0.5, 0.6) is 0 Å². The molecule has 2 heterocycles. The second-order valence-corrected chi connectivity index (χ2v) is 4.55. The van der Waals surface area contributed by atoms with Crippen molar-refractivity contribution in [3.63, 3.8) is 0 Å². The highest BCUT2D eigenvalue weighted by Gasteiger charge is 2.12. The summed E-state index contributed by atoms with van der Waals surface area (Å²) in [4.78, 5) is 15.8. The molecule has 8 heteroatoms. The Bertz CT molecular complexity index is 532. The maximum absolute atomic E-state index is 11.8. The minimum absolute atomic E-state index is 0.0637. The first kappa shape index (κ1) is 11.5. The SMILES string of the molecule is Cn1cc(C(=O)Cn2nc(Br)nc2Br)cn1. The fraction of sp³-hybridized carbons (Fsp3) is 0.250. The van der Waals surface area contributed by atoms with Gasteiger partial charge in [-0.05, 0) is 31.9 Å². The number of carbonyl (C=O) groups is 1. The number of rotatable bonds is 3. The summed E-state index contributed by atoms with van der Waals surface area (Å²) in [5.41, 5.74) is 0.557. The molecule has 0 amide bonds. The van der Waals surface area contributed by atoms with E-state index in [1.54, 1.807) is 17.9 Å². The first-order chi connectivity index (χ1) is 7.56. The van der Waals surface area contributed by atoms with Crippen molar-refractivity contribution in [2.24, 2.45) is 7.05 Å². The van der Waals surface area contributed by atoms with Crippen LogP contribution in [0.15, 0.2) is 21.9 Å². The van der Waals surface area contributed by atoms with Gasteiger partial charge in [0.05, 0.1) is 11.8 Å². The lowest BCUT2D eigenvalue weighted by Crippen LogP contribution is -2.11. The molecule has 2 aromatic heterocycles. The summed E-state index contributed by atoms with van der Waals surface area (Å²) in [7, 11) is 1.76. The zero-order valence-corrected chi connectivity index (χ0v) is 11.4. The van der Waals surface area contributed by atoms with Gasteiger partial charge in [-0.1, -0.05) is 0 Å². The monoisotopic (exact) mass is 347 g/mol. The molecule has 2 rings (SSSR count). The Morgan fingerprint density at radius 1 is 1.50 bits per heavy atom. The minimum Gasteiger partial charge on any atom is -0.292 e. The summed E-state index contributed by atoms with van der Waals surface area (Å²) in [6, 6.07) is 0. The number of hydrogen-bond donors (Lipinski definition) is 0. The van der Waals surface area contributed by atoms with E-state index in [0.29, 0.717) is 15.0 Å². The highest BCUT2D eigenvalue weighted by Crippen LogP contribution is 2.12. The summed E-state index contributed by atoms with van der Waals surface area (Å²) < 4.78 is 4.01. The molecular weight excluding hydrogens is 342 g/mol. The van der Waals surface area contributed by atoms with Crippen molar-refractivity contribution in [1.82, 2.24) is 24.5 Å². The van der Waals surface area contributed by atoms with E-state index in [2.05, 4.69) is 47.0 Å². The summed E-state index contributed by atoms with van der Waals surface area (Å²) in [5.74, 6) is -0.0637. The minimum atomic E-state index is -0.0637. The van der Waals surface area contributed by atoms with Gasteiger partial charge in [0.25, 0.3) is 0 Å². The predicted octanol–water partition coefficient (Wildman–Crippen LogP) is 1.42. The molecule has 0 unspecified atom stereocenters. The van der Waals surface area contributed by atoms with Crippen molar-refractivity contribution in [1.29, 1.82) is 0 Å². The molecule has 0 radical (unpaired) electrons. The number of hydrogen-bond acceptors (Lipinski definition) is 4. The number of halogens is 2. The zero-order chi connectivity index (χ0) is 11.7. The third kappa shape index (κ3) is 2.38. The highest BCUT2D eigenvalue weighted by atomic mass is 79.9. The molecular formula is C8H7Br2N5O. The molecule has 16 heavy (non-hydrogen) atoms. The van der Waals surface area contributed by atoms with Crippen molar-refractivity contribution < 1.29 is 4.79 Å².